The monoisotopic (exact) mass is 336 g/mol. The van der Waals surface area contributed by atoms with Crippen molar-refractivity contribution in [3.63, 3.8) is 0 Å². The van der Waals surface area contributed by atoms with Crippen molar-refractivity contribution in [2.24, 2.45) is 12.8 Å². The van der Waals surface area contributed by atoms with Crippen LogP contribution >= 0.6 is 11.6 Å². The van der Waals surface area contributed by atoms with Gasteiger partial charge in [0.1, 0.15) is 5.69 Å². The van der Waals surface area contributed by atoms with Gasteiger partial charge >= 0.3 is 0 Å². The fourth-order valence-electron chi connectivity index (χ4n) is 2.85. The molecule has 5 nitrogen and oxygen atoms in total. The summed E-state index contributed by atoms with van der Waals surface area (Å²) in [6.45, 7) is 0. The number of aromatic nitrogens is 3. The van der Waals surface area contributed by atoms with Gasteiger partial charge < -0.3 is 10.3 Å². The number of nitrogens with zero attached hydrogens (tertiary/aromatic N) is 3. The van der Waals surface area contributed by atoms with E-state index in [0.29, 0.717) is 16.1 Å². The number of fused-ring (bicyclic) bond motifs is 2. The molecule has 0 saturated heterocycles. The highest BCUT2D eigenvalue weighted by atomic mass is 35.5. The molecule has 0 spiro atoms. The highest BCUT2D eigenvalue weighted by Gasteiger charge is 2.12. The number of hydrogen-bond donors (Lipinski definition) is 1. The van der Waals surface area contributed by atoms with E-state index in [1.807, 2.05) is 36.0 Å². The van der Waals surface area contributed by atoms with E-state index < -0.39 is 5.91 Å². The summed E-state index contributed by atoms with van der Waals surface area (Å²) in [4.78, 5) is 20.1. The standard InChI is InChI=1S/C18H13ClN4O/c1-23-5-4-10-2-3-11(6-16(10)23)13-7-12(19)8-14-17(13)22-15(9-21-14)18(20)24/h2-9H,1H3,(H2,20,24). The van der Waals surface area contributed by atoms with Crippen LogP contribution in [0.4, 0.5) is 0 Å². The second-order valence-electron chi connectivity index (χ2n) is 5.64. The highest BCUT2D eigenvalue weighted by molar-refractivity contribution is 6.31. The van der Waals surface area contributed by atoms with Gasteiger partial charge in [-0.15, -0.1) is 0 Å². The Balaban J connectivity index is 2.04. The average Bonchev–Trinajstić information content (AvgIpc) is 2.94. The molecule has 24 heavy (non-hydrogen) atoms. The van der Waals surface area contributed by atoms with Crippen LogP contribution in [0, 0.1) is 0 Å². The molecule has 4 rings (SSSR count). The van der Waals surface area contributed by atoms with Crippen molar-refractivity contribution in [2.75, 3.05) is 0 Å². The number of carbonyl (C=O) groups excluding carboxylic acids is 1. The predicted octanol–water partition coefficient (Wildman–Crippen LogP) is 3.54. The van der Waals surface area contributed by atoms with Gasteiger partial charge in [0.05, 0.1) is 17.2 Å². The molecule has 6 heteroatoms. The smallest absolute Gasteiger partial charge is 0.268 e. The summed E-state index contributed by atoms with van der Waals surface area (Å²) in [6, 6.07) is 11.7. The topological polar surface area (TPSA) is 73.8 Å². The van der Waals surface area contributed by atoms with Crippen LogP contribution < -0.4 is 5.73 Å². The Morgan fingerprint density at radius 1 is 1.21 bits per heavy atom. The van der Waals surface area contributed by atoms with Gasteiger partial charge in [0, 0.05) is 29.3 Å². The first-order chi connectivity index (χ1) is 11.5. The number of amides is 1. The molecule has 1 amide bonds. The van der Waals surface area contributed by atoms with Crippen molar-refractivity contribution in [1.82, 2.24) is 14.5 Å². The number of carbonyl (C=O) groups is 1. The summed E-state index contributed by atoms with van der Waals surface area (Å²) < 4.78 is 2.05. The van der Waals surface area contributed by atoms with Crippen LogP contribution in [0.1, 0.15) is 10.5 Å². The summed E-state index contributed by atoms with van der Waals surface area (Å²) in [5.41, 5.74) is 9.55. The average molecular weight is 337 g/mol. The zero-order valence-corrected chi connectivity index (χ0v) is 13.6. The third kappa shape index (κ3) is 2.30. The minimum atomic E-state index is -0.608. The van der Waals surface area contributed by atoms with Crippen LogP contribution in [0.5, 0.6) is 0 Å². The fourth-order valence-corrected chi connectivity index (χ4v) is 3.06. The lowest BCUT2D eigenvalue weighted by molar-refractivity contribution is 0.0995. The molecule has 0 bridgehead atoms. The van der Waals surface area contributed by atoms with E-state index in [2.05, 4.69) is 22.1 Å². The normalized spacial score (nSPS) is 11.2. The molecule has 0 aliphatic rings. The minimum absolute atomic E-state index is 0.131. The molecule has 118 valence electrons. The van der Waals surface area contributed by atoms with Gasteiger partial charge in [0.15, 0.2) is 0 Å². The summed E-state index contributed by atoms with van der Waals surface area (Å²) in [5, 5.41) is 1.71. The number of rotatable bonds is 2. The van der Waals surface area contributed by atoms with Gasteiger partial charge in [0.25, 0.3) is 5.91 Å². The molecule has 0 unspecified atom stereocenters. The Kier molecular flexibility index (Phi) is 3.25. The molecular weight excluding hydrogens is 324 g/mol. The van der Waals surface area contributed by atoms with Gasteiger partial charge in [0.2, 0.25) is 0 Å². The van der Waals surface area contributed by atoms with E-state index in [-0.39, 0.29) is 5.69 Å². The second kappa shape index (κ2) is 5.32. The predicted molar refractivity (Wildman–Crippen MR) is 95.0 cm³/mol. The maximum Gasteiger partial charge on any atom is 0.268 e. The Hall–Kier alpha value is -2.92. The van der Waals surface area contributed by atoms with Gasteiger partial charge in [-0.05, 0) is 35.2 Å². The van der Waals surface area contributed by atoms with E-state index in [9.17, 15) is 4.79 Å². The molecule has 0 aliphatic heterocycles. The molecule has 0 aliphatic carbocycles. The maximum atomic E-state index is 11.4. The van der Waals surface area contributed by atoms with E-state index in [1.54, 1.807) is 6.07 Å². The molecule has 0 fully saturated rings. The van der Waals surface area contributed by atoms with Crippen molar-refractivity contribution in [3.8, 4) is 11.1 Å². The van der Waals surface area contributed by atoms with E-state index in [1.165, 1.54) is 6.20 Å². The first kappa shape index (κ1) is 14.7. The van der Waals surface area contributed by atoms with Crippen molar-refractivity contribution in [3.05, 3.63) is 59.5 Å². The van der Waals surface area contributed by atoms with Crippen LogP contribution in [0.2, 0.25) is 5.02 Å². The van der Waals surface area contributed by atoms with Crippen LogP contribution in [0.25, 0.3) is 33.1 Å². The van der Waals surface area contributed by atoms with Gasteiger partial charge in [-0.25, -0.2) is 4.98 Å². The Bertz CT molecular complexity index is 1120. The molecule has 2 N–H and O–H groups in total. The summed E-state index contributed by atoms with van der Waals surface area (Å²) in [6.07, 6.45) is 3.38. The largest absolute Gasteiger partial charge is 0.364 e. The molecule has 0 radical (unpaired) electrons. The number of hydrogen-bond acceptors (Lipinski definition) is 3. The highest BCUT2D eigenvalue weighted by Crippen LogP contribution is 2.32. The number of primary amides is 1. The Morgan fingerprint density at radius 3 is 2.83 bits per heavy atom. The van der Waals surface area contributed by atoms with E-state index >= 15 is 0 Å². The zero-order chi connectivity index (χ0) is 16.8. The third-order valence-corrected chi connectivity index (χ3v) is 4.28. The lowest BCUT2D eigenvalue weighted by Gasteiger charge is -2.09. The SMILES string of the molecule is Cn1ccc2ccc(-c3cc(Cl)cc4ncc(C(N)=O)nc34)cc21. The summed E-state index contributed by atoms with van der Waals surface area (Å²) >= 11 is 6.24. The van der Waals surface area contributed by atoms with Crippen molar-refractivity contribution >= 4 is 39.4 Å². The first-order valence-corrected chi connectivity index (χ1v) is 7.72. The summed E-state index contributed by atoms with van der Waals surface area (Å²) in [5.74, 6) is -0.608. The number of nitrogens with two attached hydrogens (primary N) is 1. The van der Waals surface area contributed by atoms with Gasteiger partial charge in [-0.1, -0.05) is 23.7 Å². The maximum absolute atomic E-state index is 11.4. The molecular formula is C18H13ClN4O. The number of benzene rings is 2. The Labute approximate surface area is 142 Å². The molecule has 0 saturated carbocycles. The fraction of sp³-hybridized carbons (Fsp3) is 0.0556. The lowest BCUT2D eigenvalue weighted by atomic mass is 10.0. The van der Waals surface area contributed by atoms with Crippen molar-refractivity contribution < 1.29 is 4.79 Å². The molecule has 2 heterocycles. The van der Waals surface area contributed by atoms with Crippen molar-refractivity contribution in [2.45, 2.75) is 0 Å². The first-order valence-electron chi connectivity index (χ1n) is 7.34. The minimum Gasteiger partial charge on any atom is -0.364 e. The van der Waals surface area contributed by atoms with Crippen LogP contribution in [0.15, 0.2) is 48.8 Å². The second-order valence-corrected chi connectivity index (χ2v) is 6.08. The van der Waals surface area contributed by atoms with E-state index in [0.717, 1.165) is 22.0 Å². The van der Waals surface area contributed by atoms with Crippen LogP contribution in [-0.4, -0.2) is 20.4 Å². The molecule has 2 aromatic heterocycles. The quantitative estimate of drug-likeness (QED) is 0.608. The van der Waals surface area contributed by atoms with Gasteiger partial charge in [-0.2, -0.15) is 0 Å². The molecule has 4 aromatic rings. The number of halogens is 1. The van der Waals surface area contributed by atoms with Crippen LogP contribution in [-0.2, 0) is 7.05 Å². The third-order valence-electron chi connectivity index (χ3n) is 4.06. The molecule has 2 aromatic carbocycles. The zero-order valence-electron chi connectivity index (χ0n) is 12.8. The van der Waals surface area contributed by atoms with Crippen LogP contribution in [0.3, 0.4) is 0 Å². The summed E-state index contributed by atoms with van der Waals surface area (Å²) in [7, 11) is 1.99. The molecule has 0 atom stereocenters. The van der Waals surface area contributed by atoms with E-state index in [4.69, 9.17) is 17.3 Å². The number of aryl methyl sites for hydroxylation is 1. The Morgan fingerprint density at radius 2 is 2.04 bits per heavy atom. The van der Waals surface area contributed by atoms with Gasteiger partial charge in [-0.3, -0.25) is 9.78 Å². The van der Waals surface area contributed by atoms with Crippen molar-refractivity contribution in [1.29, 1.82) is 0 Å². The lowest BCUT2D eigenvalue weighted by Crippen LogP contribution is -2.13.